The molecule has 0 radical (unpaired) electrons. The lowest BCUT2D eigenvalue weighted by atomic mass is 10.3. The van der Waals surface area contributed by atoms with Crippen LogP contribution in [0.1, 0.15) is 25.0 Å². The number of nitrogens with one attached hydrogen (secondary N) is 4. The molecule has 0 bridgehead atoms. The number of H-pyrrole nitrogens is 1. The Hall–Kier alpha value is -4.65. The van der Waals surface area contributed by atoms with Crippen LogP contribution in [0.15, 0.2) is 71.8 Å². The quantitative estimate of drug-likeness (QED) is 0.160. The second-order valence-corrected chi connectivity index (χ2v) is 10.8. The molecule has 1 aliphatic heterocycles. The number of imidazole rings is 1. The number of anilines is 2. The van der Waals surface area contributed by atoms with Gasteiger partial charge in [-0.1, -0.05) is 6.07 Å². The molecule has 2 aromatic heterocycles. The molecule has 3 amide bonds. The number of nitrogens with zero attached hydrogens (tertiary/aromatic N) is 3. The van der Waals surface area contributed by atoms with Crippen molar-refractivity contribution in [2.75, 3.05) is 30.3 Å². The number of urea groups is 1. The fourth-order valence-electron chi connectivity index (χ4n) is 4.28. The minimum atomic E-state index is -4.08. The first-order valence-corrected chi connectivity index (χ1v) is 14.3. The molecule has 2 aromatic carbocycles. The molecule has 40 heavy (non-hydrogen) atoms. The zero-order chi connectivity index (χ0) is 28.0. The number of aromatic nitrogens is 3. The number of amides is 3. The first-order valence-electron chi connectivity index (χ1n) is 12.9. The molecule has 1 saturated heterocycles. The number of benzene rings is 2. The summed E-state index contributed by atoms with van der Waals surface area (Å²) in [4.78, 5) is 37.1. The summed E-state index contributed by atoms with van der Waals surface area (Å²) in [6, 6.07) is 15.8. The van der Waals surface area contributed by atoms with Crippen molar-refractivity contribution in [3.63, 3.8) is 0 Å². The van der Waals surface area contributed by atoms with E-state index in [-0.39, 0.29) is 29.0 Å². The van der Waals surface area contributed by atoms with E-state index in [4.69, 9.17) is 4.18 Å². The van der Waals surface area contributed by atoms with Crippen molar-refractivity contribution in [2.45, 2.75) is 30.7 Å². The van der Waals surface area contributed by atoms with E-state index in [1.165, 1.54) is 24.3 Å². The van der Waals surface area contributed by atoms with Crippen LogP contribution in [-0.4, -0.2) is 59.8 Å². The maximum absolute atomic E-state index is 12.9. The highest BCUT2D eigenvalue weighted by atomic mass is 32.2. The van der Waals surface area contributed by atoms with Gasteiger partial charge in [-0.3, -0.25) is 15.1 Å². The van der Waals surface area contributed by atoms with Gasteiger partial charge >= 0.3 is 16.1 Å². The summed E-state index contributed by atoms with van der Waals surface area (Å²) < 4.78 is 31.0. The molecule has 4 aromatic rings. The highest BCUT2D eigenvalue weighted by Gasteiger charge is 2.19. The number of hydrogen-bond donors (Lipinski definition) is 4. The molecule has 0 aliphatic carbocycles. The summed E-state index contributed by atoms with van der Waals surface area (Å²) in [7, 11) is -4.08. The van der Waals surface area contributed by atoms with Gasteiger partial charge in [0, 0.05) is 44.0 Å². The normalized spacial score (nSPS) is 13.4. The largest absolute Gasteiger partial charge is 0.385 e. The number of hydrogen-bond acceptors (Lipinski definition) is 8. The Balaban J connectivity index is 1.14. The lowest BCUT2D eigenvalue weighted by Gasteiger charge is -2.15. The van der Waals surface area contributed by atoms with Crippen LogP contribution in [0.25, 0.3) is 11.0 Å². The second-order valence-electron chi connectivity index (χ2n) is 9.22. The zero-order valence-electron chi connectivity index (χ0n) is 21.6. The third kappa shape index (κ3) is 6.86. The third-order valence-electron chi connectivity index (χ3n) is 6.30. The van der Waals surface area contributed by atoms with Crippen LogP contribution >= 0.6 is 0 Å². The number of rotatable bonds is 11. The first-order chi connectivity index (χ1) is 19.4. The molecule has 208 valence electrons. The molecular weight excluding hydrogens is 534 g/mol. The number of pyridine rings is 1. The fraction of sp³-hybridized carbons (Fsp3) is 0.259. The fourth-order valence-corrected chi connectivity index (χ4v) is 5.21. The van der Waals surface area contributed by atoms with Gasteiger partial charge in [-0.25, -0.2) is 9.78 Å². The predicted octanol–water partition coefficient (Wildman–Crippen LogP) is 3.47. The van der Waals surface area contributed by atoms with Crippen molar-refractivity contribution < 1.29 is 22.2 Å². The molecule has 1 fully saturated rings. The summed E-state index contributed by atoms with van der Waals surface area (Å²) >= 11 is 0. The van der Waals surface area contributed by atoms with Gasteiger partial charge in [0.05, 0.1) is 23.3 Å². The van der Waals surface area contributed by atoms with E-state index in [1.807, 2.05) is 11.0 Å². The van der Waals surface area contributed by atoms with E-state index in [0.29, 0.717) is 36.2 Å². The van der Waals surface area contributed by atoms with Crippen molar-refractivity contribution in [1.82, 2.24) is 25.2 Å². The number of carbonyl (C=O) groups is 2. The Labute approximate surface area is 231 Å². The van der Waals surface area contributed by atoms with Gasteiger partial charge in [-0.05, 0) is 61.4 Å². The van der Waals surface area contributed by atoms with Crippen LogP contribution in [-0.2, 0) is 21.5 Å². The zero-order valence-corrected chi connectivity index (χ0v) is 22.4. The van der Waals surface area contributed by atoms with Crippen molar-refractivity contribution in [3.8, 4) is 5.75 Å². The van der Waals surface area contributed by atoms with E-state index in [0.717, 1.165) is 25.1 Å². The Morgan fingerprint density at radius 2 is 1.95 bits per heavy atom. The van der Waals surface area contributed by atoms with Crippen LogP contribution < -0.4 is 20.1 Å². The highest BCUT2D eigenvalue weighted by Crippen LogP contribution is 2.24. The molecular formula is C27H29N7O5S. The number of carbonyl (C=O) groups excluding carboxylic acids is 2. The number of likely N-dealkylation sites (tertiary alicyclic amines) is 1. The van der Waals surface area contributed by atoms with Crippen molar-refractivity contribution in [1.29, 1.82) is 0 Å². The van der Waals surface area contributed by atoms with Gasteiger partial charge in [0.15, 0.2) is 0 Å². The number of fused-ring (bicyclic) bond motifs is 1. The monoisotopic (exact) mass is 563 g/mol. The van der Waals surface area contributed by atoms with Crippen molar-refractivity contribution in [3.05, 3.63) is 72.6 Å². The molecule has 12 nitrogen and oxygen atoms in total. The Kier molecular flexibility index (Phi) is 8.10. The molecule has 5 rings (SSSR count). The summed E-state index contributed by atoms with van der Waals surface area (Å²) in [5.41, 5.74) is 2.50. The maximum atomic E-state index is 12.9. The molecule has 0 spiro atoms. The van der Waals surface area contributed by atoms with E-state index in [2.05, 4.69) is 30.9 Å². The minimum Gasteiger partial charge on any atom is -0.385 e. The predicted molar refractivity (Wildman–Crippen MR) is 149 cm³/mol. The molecule has 0 saturated carbocycles. The van der Waals surface area contributed by atoms with Crippen LogP contribution in [0.2, 0.25) is 0 Å². The molecule has 0 unspecified atom stereocenters. The van der Waals surface area contributed by atoms with Crippen LogP contribution in [0.4, 0.5) is 16.4 Å². The van der Waals surface area contributed by atoms with E-state index < -0.39 is 16.1 Å². The Bertz CT molecular complexity index is 1590. The lowest BCUT2D eigenvalue weighted by Crippen LogP contribution is -2.28. The SMILES string of the molecule is O=C(NCc1ccccn1)Nc1nc2ccc(OS(=O)(=O)c3ccc(NCCCN4CCCC4=O)cc3)cc2[nH]1. The maximum Gasteiger partial charge on any atom is 0.339 e. The summed E-state index contributed by atoms with van der Waals surface area (Å²) in [5.74, 6) is 0.503. The van der Waals surface area contributed by atoms with Gasteiger partial charge in [-0.15, -0.1) is 0 Å². The van der Waals surface area contributed by atoms with E-state index in [1.54, 1.807) is 36.5 Å². The first kappa shape index (κ1) is 26.9. The smallest absolute Gasteiger partial charge is 0.339 e. The van der Waals surface area contributed by atoms with Crippen LogP contribution in [0.3, 0.4) is 0 Å². The van der Waals surface area contributed by atoms with Gasteiger partial charge in [0.25, 0.3) is 0 Å². The van der Waals surface area contributed by atoms with Gasteiger partial charge in [0.2, 0.25) is 11.9 Å². The second kappa shape index (κ2) is 12.0. The van der Waals surface area contributed by atoms with E-state index in [9.17, 15) is 18.0 Å². The Morgan fingerprint density at radius 3 is 2.70 bits per heavy atom. The van der Waals surface area contributed by atoms with Gasteiger partial charge < -0.3 is 24.7 Å². The number of aromatic amines is 1. The molecule has 1 aliphatic rings. The lowest BCUT2D eigenvalue weighted by molar-refractivity contribution is -0.127. The summed E-state index contributed by atoms with van der Waals surface area (Å²) in [6.07, 6.45) is 4.00. The average molecular weight is 564 g/mol. The molecule has 13 heteroatoms. The molecule has 0 atom stereocenters. The van der Waals surface area contributed by atoms with Crippen LogP contribution in [0.5, 0.6) is 5.75 Å². The standard InChI is InChI=1S/C27H29N7O5S/c35-25-6-3-15-34(25)16-4-14-28-19-7-10-22(11-8-19)40(37,38)39-21-9-12-23-24(17-21)32-26(31-23)33-27(36)30-18-20-5-1-2-13-29-20/h1-2,5,7-13,17,28H,3-4,6,14-16,18H2,(H3,30,31,32,33,36). The molecule has 4 N–H and O–H groups in total. The van der Waals surface area contributed by atoms with Crippen molar-refractivity contribution in [2.24, 2.45) is 0 Å². The highest BCUT2D eigenvalue weighted by molar-refractivity contribution is 7.87. The third-order valence-corrected chi connectivity index (χ3v) is 7.56. The van der Waals surface area contributed by atoms with Gasteiger partial charge in [-0.2, -0.15) is 8.42 Å². The topological polar surface area (TPSA) is 158 Å². The van der Waals surface area contributed by atoms with Crippen LogP contribution in [0, 0.1) is 0 Å². The molecule has 3 heterocycles. The van der Waals surface area contributed by atoms with Crippen molar-refractivity contribution >= 4 is 44.7 Å². The minimum absolute atomic E-state index is 0.0114. The summed E-state index contributed by atoms with van der Waals surface area (Å²) in [6.45, 7) is 2.45. The van der Waals surface area contributed by atoms with E-state index >= 15 is 0 Å². The van der Waals surface area contributed by atoms with Gasteiger partial charge in [0.1, 0.15) is 10.6 Å². The average Bonchev–Trinajstić information content (AvgIpc) is 3.55. The Morgan fingerprint density at radius 1 is 1.10 bits per heavy atom. The summed E-state index contributed by atoms with van der Waals surface area (Å²) in [5, 5.41) is 8.54.